The summed E-state index contributed by atoms with van der Waals surface area (Å²) >= 11 is 2.79. The Labute approximate surface area is 101 Å². The molecule has 4 rings (SSSR count). The molecule has 0 radical (unpaired) electrons. The summed E-state index contributed by atoms with van der Waals surface area (Å²) in [5.74, 6) is 4.45. The van der Waals surface area contributed by atoms with Crippen LogP contribution in [0.4, 0.5) is 0 Å². The predicted molar refractivity (Wildman–Crippen MR) is 68.6 cm³/mol. The monoisotopic (exact) mass is 304 g/mol. The quantitative estimate of drug-likeness (QED) is 0.539. The van der Waals surface area contributed by atoms with Crippen molar-refractivity contribution in [2.75, 3.05) is 0 Å². The fourth-order valence-corrected chi connectivity index (χ4v) is 6.24. The zero-order valence-electron chi connectivity index (χ0n) is 9.30. The lowest BCUT2D eigenvalue weighted by molar-refractivity contribution is 0.0835. The lowest BCUT2D eigenvalue weighted by Gasteiger charge is -2.40. The summed E-state index contributed by atoms with van der Waals surface area (Å²) in [5, 5.41) is 0. The Balaban J connectivity index is 1.82. The third-order valence-electron chi connectivity index (χ3n) is 5.44. The fourth-order valence-electron chi connectivity index (χ4n) is 4.44. The van der Waals surface area contributed by atoms with Gasteiger partial charge in [0.05, 0.1) is 0 Å². The van der Waals surface area contributed by atoms with E-state index in [2.05, 4.69) is 36.4 Å². The highest BCUT2D eigenvalue weighted by Crippen LogP contribution is 2.72. The third-order valence-corrected chi connectivity index (χ3v) is 7.71. The molecular weight excluding hydrogens is 283 g/mol. The Morgan fingerprint density at radius 3 is 2.64 bits per heavy atom. The Morgan fingerprint density at radius 2 is 2.07 bits per heavy atom. The van der Waals surface area contributed by atoms with Crippen LogP contribution in [0.5, 0.6) is 0 Å². The Bertz CT molecular complexity index is 246. The van der Waals surface area contributed by atoms with E-state index in [1.54, 1.807) is 6.42 Å². The molecule has 4 aliphatic carbocycles. The molecule has 0 spiro atoms. The van der Waals surface area contributed by atoms with Crippen molar-refractivity contribution in [3.63, 3.8) is 0 Å². The molecule has 80 valence electrons. The second-order valence-electron chi connectivity index (χ2n) is 6.00. The minimum atomic E-state index is 0.755. The summed E-state index contributed by atoms with van der Waals surface area (Å²) in [7, 11) is 0. The summed E-state index contributed by atoms with van der Waals surface area (Å²) in [4.78, 5) is 0. The van der Waals surface area contributed by atoms with Crippen molar-refractivity contribution in [3.05, 3.63) is 0 Å². The van der Waals surface area contributed by atoms with Crippen molar-refractivity contribution in [2.24, 2.45) is 29.1 Å². The molecule has 0 aromatic heterocycles. The van der Waals surface area contributed by atoms with Crippen molar-refractivity contribution in [1.29, 1.82) is 0 Å². The van der Waals surface area contributed by atoms with Crippen molar-refractivity contribution in [1.82, 2.24) is 0 Å². The van der Waals surface area contributed by atoms with Crippen LogP contribution >= 0.6 is 22.6 Å². The zero-order valence-corrected chi connectivity index (χ0v) is 11.5. The number of rotatable bonds is 3. The van der Waals surface area contributed by atoms with E-state index in [0.29, 0.717) is 0 Å². The Morgan fingerprint density at radius 1 is 1.36 bits per heavy atom. The van der Waals surface area contributed by atoms with Crippen molar-refractivity contribution >= 4 is 22.6 Å². The maximum atomic E-state index is 2.79. The first-order valence-electron chi connectivity index (χ1n) is 6.33. The van der Waals surface area contributed by atoms with E-state index in [1.165, 1.54) is 25.7 Å². The van der Waals surface area contributed by atoms with Gasteiger partial charge in [0.25, 0.3) is 0 Å². The summed E-state index contributed by atoms with van der Waals surface area (Å²) in [6.45, 7) is 4.97. The minimum Gasteiger partial charge on any atom is -0.0817 e. The molecule has 0 amide bonds. The highest BCUT2D eigenvalue weighted by Gasteiger charge is 2.67. The molecule has 4 unspecified atom stereocenters. The molecule has 0 saturated heterocycles. The highest BCUT2D eigenvalue weighted by molar-refractivity contribution is 14.1. The van der Waals surface area contributed by atoms with Gasteiger partial charge < -0.3 is 0 Å². The standard InChI is InChI=1S/C13H21I/c1-3-4-9-10-7-11(9)13(2,12(10)14)8-5-6-8/h8-12H,3-7H2,1-2H3/t9?,10-,11?,12?,13?/m0/s1. The molecule has 0 aliphatic heterocycles. The van der Waals surface area contributed by atoms with Crippen LogP contribution in [0.15, 0.2) is 0 Å². The fraction of sp³-hybridized carbons (Fsp3) is 1.00. The van der Waals surface area contributed by atoms with Gasteiger partial charge in [0.2, 0.25) is 0 Å². The van der Waals surface area contributed by atoms with Gasteiger partial charge in [-0.1, -0.05) is 49.3 Å². The lowest BCUT2D eigenvalue weighted by atomic mass is 9.65. The second kappa shape index (κ2) is 3.11. The summed E-state index contributed by atoms with van der Waals surface area (Å²) in [5.41, 5.74) is 0.755. The number of hydrogen-bond donors (Lipinski definition) is 0. The van der Waals surface area contributed by atoms with Crippen LogP contribution in [0.3, 0.4) is 0 Å². The summed E-state index contributed by atoms with van der Waals surface area (Å²) in [6, 6.07) is 0. The predicted octanol–water partition coefficient (Wildman–Crippen LogP) is 4.27. The van der Waals surface area contributed by atoms with Crippen molar-refractivity contribution in [3.8, 4) is 0 Å². The van der Waals surface area contributed by atoms with Crippen molar-refractivity contribution in [2.45, 2.75) is 49.9 Å². The number of alkyl halides is 1. The van der Waals surface area contributed by atoms with Gasteiger partial charge in [-0.15, -0.1) is 0 Å². The molecule has 0 aromatic carbocycles. The molecule has 0 nitrogen and oxygen atoms in total. The van der Waals surface area contributed by atoms with E-state index in [0.717, 1.165) is 33.0 Å². The number of fused-ring (bicyclic) bond motifs is 1. The van der Waals surface area contributed by atoms with Crippen LogP contribution in [0.1, 0.15) is 46.0 Å². The SMILES string of the molecule is CCCC1C2C[C@@H]1C(I)C2(C)C1CC1. The van der Waals surface area contributed by atoms with E-state index in [-0.39, 0.29) is 0 Å². The molecule has 4 aliphatic rings. The van der Waals surface area contributed by atoms with Gasteiger partial charge in [0.15, 0.2) is 0 Å². The van der Waals surface area contributed by atoms with Gasteiger partial charge in [0.1, 0.15) is 0 Å². The average molecular weight is 304 g/mol. The molecule has 0 N–H and O–H groups in total. The van der Waals surface area contributed by atoms with E-state index >= 15 is 0 Å². The Kier molecular flexibility index (Phi) is 2.21. The van der Waals surface area contributed by atoms with E-state index in [9.17, 15) is 0 Å². The maximum absolute atomic E-state index is 2.79. The van der Waals surface area contributed by atoms with Crippen LogP contribution < -0.4 is 0 Å². The molecule has 4 fully saturated rings. The third kappa shape index (κ3) is 1.06. The van der Waals surface area contributed by atoms with Gasteiger partial charge in [0, 0.05) is 3.92 Å². The topological polar surface area (TPSA) is 0 Å². The number of halogens is 1. The van der Waals surface area contributed by atoms with Crippen molar-refractivity contribution < 1.29 is 0 Å². The van der Waals surface area contributed by atoms with E-state index in [1.807, 2.05) is 0 Å². The first kappa shape index (κ1) is 9.92. The largest absolute Gasteiger partial charge is 0.0817 e. The maximum Gasteiger partial charge on any atom is 0.0200 e. The van der Waals surface area contributed by atoms with E-state index in [4.69, 9.17) is 0 Å². The lowest BCUT2D eigenvalue weighted by Crippen LogP contribution is -2.33. The minimum absolute atomic E-state index is 0.755. The van der Waals surface area contributed by atoms with Gasteiger partial charge in [-0.25, -0.2) is 0 Å². The van der Waals surface area contributed by atoms with Crippen LogP contribution in [-0.4, -0.2) is 3.92 Å². The van der Waals surface area contributed by atoms with Gasteiger partial charge in [-0.2, -0.15) is 0 Å². The zero-order chi connectivity index (χ0) is 9.92. The smallest absolute Gasteiger partial charge is 0.0200 e. The van der Waals surface area contributed by atoms with E-state index < -0.39 is 0 Å². The van der Waals surface area contributed by atoms with Crippen LogP contribution in [-0.2, 0) is 0 Å². The van der Waals surface area contributed by atoms with Gasteiger partial charge in [-0.05, 0) is 48.3 Å². The van der Waals surface area contributed by atoms with Crippen LogP contribution in [0.2, 0.25) is 0 Å². The molecule has 2 bridgehead atoms. The molecule has 0 aromatic rings. The number of hydrogen-bond acceptors (Lipinski definition) is 0. The first-order chi connectivity index (χ1) is 6.69. The molecule has 5 atom stereocenters. The molecule has 14 heavy (non-hydrogen) atoms. The summed E-state index contributed by atoms with van der Waals surface area (Å²) < 4.78 is 1.01. The van der Waals surface area contributed by atoms with Crippen LogP contribution in [0, 0.1) is 29.1 Å². The summed E-state index contributed by atoms with van der Waals surface area (Å²) in [6.07, 6.45) is 7.57. The first-order valence-corrected chi connectivity index (χ1v) is 7.58. The molecular formula is C13H21I. The second-order valence-corrected chi connectivity index (χ2v) is 7.34. The van der Waals surface area contributed by atoms with Gasteiger partial charge >= 0.3 is 0 Å². The van der Waals surface area contributed by atoms with Crippen LogP contribution in [0.25, 0.3) is 0 Å². The normalized spacial score (nSPS) is 55.9. The highest BCUT2D eigenvalue weighted by atomic mass is 127. The van der Waals surface area contributed by atoms with Gasteiger partial charge in [-0.3, -0.25) is 0 Å². The Hall–Kier alpha value is 0.730. The average Bonchev–Trinajstić information content (AvgIpc) is 2.90. The molecule has 0 heterocycles. The molecule has 1 heteroatoms. The molecule has 4 saturated carbocycles.